The van der Waals surface area contributed by atoms with E-state index in [2.05, 4.69) is 10.6 Å². The molecule has 0 bridgehead atoms. The molecule has 1 aromatic carbocycles. The zero-order valence-corrected chi connectivity index (χ0v) is 14.3. The number of nitrogens with zero attached hydrogens (tertiary/aromatic N) is 1. The van der Waals surface area contributed by atoms with Crippen LogP contribution in [0.4, 0.5) is 5.69 Å². The fourth-order valence-corrected chi connectivity index (χ4v) is 2.91. The molecule has 23 heavy (non-hydrogen) atoms. The Morgan fingerprint density at radius 3 is 2.61 bits per heavy atom. The average Bonchev–Trinajstić information content (AvgIpc) is 2.80. The molecular formula is C15H16ClN3O3S. The smallest absolute Gasteiger partial charge is 0.307 e. The Bertz CT molecular complexity index is 798. The second-order valence-corrected chi connectivity index (χ2v) is 6.27. The van der Waals surface area contributed by atoms with Gasteiger partial charge in [0.05, 0.1) is 17.3 Å². The van der Waals surface area contributed by atoms with Crippen LogP contribution in [-0.2, 0) is 16.1 Å². The van der Waals surface area contributed by atoms with Crippen molar-refractivity contribution in [2.45, 2.75) is 20.4 Å². The number of carbonyl (C=O) groups excluding carboxylic acids is 2. The van der Waals surface area contributed by atoms with Gasteiger partial charge in [-0.05, 0) is 31.5 Å². The van der Waals surface area contributed by atoms with Crippen molar-refractivity contribution in [2.24, 2.45) is 0 Å². The molecule has 0 saturated carbocycles. The minimum absolute atomic E-state index is 0.104. The van der Waals surface area contributed by atoms with E-state index < -0.39 is 11.8 Å². The van der Waals surface area contributed by atoms with Gasteiger partial charge >= 0.3 is 4.87 Å². The highest BCUT2D eigenvalue weighted by molar-refractivity contribution is 7.07. The Morgan fingerprint density at radius 2 is 2.00 bits per heavy atom. The molecule has 2 amide bonds. The predicted octanol–water partition coefficient (Wildman–Crippen LogP) is 1.93. The third-order valence-electron chi connectivity index (χ3n) is 3.12. The molecule has 0 fully saturated rings. The van der Waals surface area contributed by atoms with Crippen LogP contribution in [0.15, 0.2) is 28.4 Å². The zero-order chi connectivity index (χ0) is 17.0. The van der Waals surface area contributed by atoms with Crippen molar-refractivity contribution >= 4 is 40.4 Å². The van der Waals surface area contributed by atoms with E-state index >= 15 is 0 Å². The molecule has 0 unspecified atom stereocenters. The van der Waals surface area contributed by atoms with Gasteiger partial charge in [0.2, 0.25) is 11.8 Å². The molecule has 2 aromatic rings. The molecule has 0 aliphatic carbocycles. The summed E-state index contributed by atoms with van der Waals surface area (Å²) in [4.78, 5) is 35.0. The molecule has 0 spiro atoms. The monoisotopic (exact) mass is 353 g/mol. The number of hydrogen-bond donors (Lipinski definition) is 2. The lowest BCUT2D eigenvalue weighted by Crippen LogP contribution is -2.36. The van der Waals surface area contributed by atoms with Crippen LogP contribution in [0.5, 0.6) is 0 Å². The van der Waals surface area contributed by atoms with Crippen LogP contribution in [0.2, 0.25) is 5.02 Å². The lowest BCUT2D eigenvalue weighted by Gasteiger charge is -2.09. The summed E-state index contributed by atoms with van der Waals surface area (Å²) in [7, 11) is 0. The maximum atomic E-state index is 11.8. The third kappa shape index (κ3) is 4.67. The van der Waals surface area contributed by atoms with Crippen LogP contribution in [0.3, 0.4) is 0 Å². The molecule has 122 valence electrons. The van der Waals surface area contributed by atoms with Crippen molar-refractivity contribution in [3.05, 3.63) is 49.5 Å². The number of thiazole rings is 1. The highest BCUT2D eigenvalue weighted by atomic mass is 35.5. The first-order valence-electron chi connectivity index (χ1n) is 6.84. The fourth-order valence-electron chi connectivity index (χ4n) is 1.89. The van der Waals surface area contributed by atoms with Crippen molar-refractivity contribution < 1.29 is 9.59 Å². The largest absolute Gasteiger partial charge is 0.345 e. The predicted molar refractivity (Wildman–Crippen MR) is 91.1 cm³/mol. The van der Waals surface area contributed by atoms with Crippen LogP contribution in [0.25, 0.3) is 0 Å². The Labute approximate surface area is 142 Å². The SMILES string of the molecule is Cc1ccc(NC(=O)CNC(=O)Cn2c(C)csc2=O)c(Cl)c1. The molecule has 0 atom stereocenters. The van der Waals surface area contributed by atoms with Gasteiger partial charge in [0.25, 0.3) is 0 Å². The first-order valence-corrected chi connectivity index (χ1v) is 8.10. The molecule has 6 nitrogen and oxygen atoms in total. The van der Waals surface area contributed by atoms with Crippen LogP contribution in [-0.4, -0.2) is 22.9 Å². The van der Waals surface area contributed by atoms with E-state index in [1.54, 1.807) is 24.4 Å². The van der Waals surface area contributed by atoms with Crippen LogP contribution >= 0.6 is 22.9 Å². The van der Waals surface area contributed by atoms with E-state index in [0.29, 0.717) is 16.4 Å². The van der Waals surface area contributed by atoms with E-state index in [1.165, 1.54) is 4.57 Å². The van der Waals surface area contributed by atoms with Gasteiger partial charge in [0, 0.05) is 11.1 Å². The van der Waals surface area contributed by atoms with Gasteiger partial charge in [-0.3, -0.25) is 19.0 Å². The van der Waals surface area contributed by atoms with Crippen molar-refractivity contribution in [3.63, 3.8) is 0 Å². The van der Waals surface area contributed by atoms with Crippen molar-refractivity contribution in [2.75, 3.05) is 11.9 Å². The van der Waals surface area contributed by atoms with Crippen molar-refractivity contribution in [1.29, 1.82) is 0 Å². The topological polar surface area (TPSA) is 80.2 Å². The minimum atomic E-state index is -0.404. The molecule has 2 N–H and O–H groups in total. The second kappa shape index (κ2) is 7.43. The minimum Gasteiger partial charge on any atom is -0.345 e. The standard InChI is InChI=1S/C15H16ClN3O3S/c1-9-3-4-12(11(16)5-9)18-13(20)6-17-14(21)7-19-10(2)8-23-15(19)22/h3-5,8H,6-7H2,1-2H3,(H,17,21)(H,18,20). The van der Waals surface area contributed by atoms with E-state index in [4.69, 9.17) is 11.6 Å². The highest BCUT2D eigenvalue weighted by Gasteiger charge is 2.11. The van der Waals surface area contributed by atoms with Gasteiger partial charge in [0.1, 0.15) is 6.54 Å². The molecular weight excluding hydrogens is 338 g/mol. The number of halogens is 1. The maximum Gasteiger partial charge on any atom is 0.307 e. The highest BCUT2D eigenvalue weighted by Crippen LogP contribution is 2.22. The molecule has 8 heteroatoms. The van der Waals surface area contributed by atoms with E-state index in [-0.39, 0.29) is 18.0 Å². The third-order valence-corrected chi connectivity index (χ3v) is 4.32. The molecule has 0 radical (unpaired) electrons. The average molecular weight is 354 g/mol. The van der Waals surface area contributed by atoms with Crippen molar-refractivity contribution in [3.8, 4) is 0 Å². The first-order chi connectivity index (χ1) is 10.9. The Morgan fingerprint density at radius 1 is 1.26 bits per heavy atom. The quantitative estimate of drug-likeness (QED) is 0.862. The molecule has 1 heterocycles. The molecule has 0 saturated heterocycles. The van der Waals surface area contributed by atoms with Crippen LogP contribution in [0.1, 0.15) is 11.3 Å². The summed E-state index contributed by atoms with van der Waals surface area (Å²) in [6.07, 6.45) is 0. The summed E-state index contributed by atoms with van der Waals surface area (Å²) in [5.74, 6) is -0.794. The first kappa shape index (κ1) is 17.2. The number of amides is 2. The zero-order valence-electron chi connectivity index (χ0n) is 12.7. The molecule has 2 rings (SSSR count). The lowest BCUT2D eigenvalue weighted by atomic mass is 10.2. The number of rotatable bonds is 5. The number of nitrogens with one attached hydrogen (secondary N) is 2. The summed E-state index contributed by atoms with van der Waals surface area (Å²) < 4.78 is 1.36. The van der Waals surface area contributed by atoms with E-state index in [9.17, 15) is 14.4 Å². The Balaban J connectivity index is 1.86. The van der Waals surface area contributed by atoms with Gasteiger partial charge in [-0.1, -0.05) is 29.0 Å². The number of anilines is 1. The van der Waals surface area contributed by atoms with Gasteiger partial charge in [0.15, 0.2) is 0 Å². The number of carbonyl (C=O) groups is 2. The summed E-state index contributed by atoms with van der Waals surface area (Å²) in [5, 5.41) is 7.22. The number of hydrogen-bond acceptors (Lipinski definition) is 4. The maximum absolute atomic E-state index is 11.8. The normalized spacial score (nSPS) is 10.4. The van der Waals surface area contributed by atoms with Crippen molar-refractivity contribution in [1.82, 2.24) is 9.88 Å². The Kier molecular flexibility index (Phi) is 5.57. The molecule has 0 aliphatic heterocycles. The van der Waals surface area contributed by atoms with E-state index in [1.807, 2.05) is 13.0 Å². The van der Waals surface area contributed by atoms with Gasteiger partial charge in [-0.2, -0.15) is 0 Å². The molecule has 0 aliphatic rings. The lowest BCUT2D eigenvalue weighted by molar-refractivity contribution is -0.124. The van der Waals surface area contributed by atoms with E-state index in [0.717, 1.165) is 16.9 Å². The van der Waals surface area contributed by atoms with Gasteiger partial charge in [-0.25, -0.2) is 0 Å². The Hall–Kier alpha value is -2.12. The summed E-state index contributed by atoms with van der Waals surface area (Å²) in [5.41, 5.74) is 2.19. The van der Waals surface area contributed by atoms with Crippen LogP contribution in [0, 0.1) is 13.8 Å². The summed E-state index contributed by atoms with van der Waals surface area (Å²) in [6.45, 7) is 3.34. The second-order valence-electron chi connectivity index (χ2n) is 5.04. The summed E-state index contributed by atoms with van der Waals surface area (Å²) >= 11 is 7.06. The van der Waals surface area contributed by atoms with Crippen LogP contribution < -0.4 is 15.5 Å². The molecule has 1 aromatic heterocycles. The van der Waals surface area contributed by atoms with Gasteiger partial charge in [-0.15, -0.1) is 0 Å². The van der Waals surface area contributed by atoms with Gasteiger partial charge < -0.3 is 10.6 Å². The fraction of sp³-hybridized carbons (Fsp3) is 0.267. The number of aryl methyl sites for hydroxylation is 2. The number of aromatic nitrogens is 1. The summed E-state index contributed by atoms with van der Waals surface area (Å²) in [6, 6.07) is 5.26. The number of benzene rings is 1.